The molecule has 3 N–H and O–H groups in total. The highest BCUT2D eigenvalue weighted by molar-refractivity contribution is 5.94. The Morgan fingerprint density at radius 3 is 2.81 bits per heavy atom. The number of rotatable bonds is 5. The molecule has 1 amide bonds. The smallest absolute Gasteiger partial charge is 0.251 e. The van der Waals surface area contributed by atoms with Gasteiger partial charge in [0.15, 0.2) is 0 Å². The first-order chi connectivity index (χ1) is 15.0. The average molecular weight is 408 g/mol. The maximum atomic E-state index is 12.6. The van der Waals surface area contributed by atoms with E-state index in [1.54, 1.807) is 30.6 Å². The second-order valence-corrected chi connectivity index (χ2v) is 7.21. The molecule has 0 unspecified atom stereocenters. The normalized spacial score (nSPS) is 10.6. The van der Waals surface area contributed by atoms with E-state index >= 15 is 0 Å². The first-order valence-corrected chi connectivity index (χ1v) is 9.73. The Balaban J connectivity index is 1.48. The molecule has 7 nitrogen and oxygen atoms in total. The Kier molecular flexibility index (Phi) is 5.54. The van der Waals surface area contributed by atoms with Crippen LogP contribution in [0.1, 0.15) is 32.9 Å². The molecule has 152 valence electrons. The number of nitrogens with two attached hydrogens (primary N) is 1. The first-order valence-electron chi connectivity index (χ1n) is 9.73. The minimum Gasteiger partial charge on any atom is -0.384 e. The van der Waals surface area contributed by atoms with Crippen LogP contribution in [0.2, 0.25) is 0 Å². The van der Waals surface area contributed by atoms with E-state index < -0.39 is 0 Å². The van der Waals surface area contributed by atoms with Crippen molar-refractivity contribution in [3.05, 3.63) is 100 Å². The zero-order chi connectivity index (χ0) is 21.8. The number of pyridine rings is 3. The summed E-state index contributed by atoms with van der Waals surface area (Å²) in [6, 6.07) is 14.8. The fraction of sp³-hybridized carbons (Fsp3) is 0.125. The lowest BCUT2D eigenvalue weighted by Crippen LogP contribution is -2.23. The number of benzene rings is 1. The lowest BCUT2D eigenvalue weighted by atomic mass is 10.0. The molecule has 4 aromatic rings. The zero-order valence-corrected chi connectivity index (χ0v) is 17.0. The molecule has 31 heavy (non-hydrogen) atoms. The molecule has 0 aliphatic carbocycles. The van der Waals surface area contributed by atoms with Crippen molar-refractivity contribution in [2.24, 2.45) is 0 Å². The number of amides is 1. The summed E-state index contributed by atoms with van der Waals surface area (Å²) in [5, 5.41) is 3.83. The highest BCUT2D eigenvalue weighted by Crippen LogP contribution is 2.21. The summed E-state index contributed by atoms with van der Waals surface area (Å²) in [6.07, 6.45) is 3.78. The van der Waals surface area contributed by atoms with Gasteiger partial charge in [0.1, 0.15) is 5.82 Å². The highest BCUT2D eigenvalue weighted by atomic mass is 16.1. The minimum absolute atomic E-state index is 0.177. The number of hydrogen-bond acceptors (Lipinski definition) is 5. The number of carbonyl (C=O) groups excluding carboxylic acids is 1. The summed E-state index contributed by atoms with van der Waals surface area (Å²) in [5.41, 5.74) is 11.1. The third kappa shape index (κ3) is 4.65. The second-order valence-electron chi connectivity index (χ2n) is 7.21. The van der Waals surface area contributed by atoms with Crippen molar-refractivity contribution in [1.29, 1.82) is 0 Å². The molecule has 7 heteroatoms. The lowest BCUT2D eigenvalue weighted by molar-refractivity contribution is 0.0950. The van der Waals surface area contributed by atoms with Gasteiger partial charge in [-0.3, -0.25) is 14.8 Å². The van der Waals surface area contributed by atoms with Crippen LogP contribution in [0, 0.1) is 13.5 Å². The van der Waals surface area contributed by atoms with Gasteiger partial charge in [0.25, 0.3) is 5.91 Å². The third-order valence-electron chi connectivity index (χ3n) is 4.98. The molecular formula is C24H20N6O. The van der Waals surface area contributed by atoms with Crippen LogP contribution in [0.5, 0.6) is 0 Å². The van der Waals surface area contributed by atoms with Gasteiger partial charge in [-0.2, -0.15) is 0 Å². The Labute approximate surface area is 179 Å². The number of carbonyl (C=O) groups is 1. The molecule has 0 spiro atoms. The lowest BCUT2D eigenvalue weighted by Gasteiger charge is -2.09. The first kappa shape index (κ1) is 20.0. The van der Waals surface area contributed by atoms with Crippen LogP contribution in [-0.4, -0.2) is 20.9 Å². The number of nitrogens with one attached hydrogen (secondary N) is 1. The zero-order valence-electron chi connectivity index (χ0n) is 17.0. The standard InChI is InChI=1S/C24H20N6O/c1-15-18(4-6-23(25)30-15)13-29-24(31)17-7-8-27-20(11-17)10-16-3-5-22-19(9-16)12-21(26-2)14-28-22/h3-9,11-12,14H,10,13H2,1H3,(H2,25,30)(H,29,31). The van der Waals surface area contributed by atoms with Crippen molar-refractivity contribution in [2.45, 2.75) is 19.9 Å². The summed E-state index contributed by atoms with van der Waals surface area (Å²) >= 11 is 0. The summed E-state index contributed by atoms with van der Waals surface area (Å²) in [4.78, 5) is 29.0. The van der Waals surface area contributed by atoms with Gasteiger partial charge >= 0.3 is 0 Å². The van der Waals surface area contributed by atoms with Crippen LogP contribution in [-0.2, 0) is 13.0 Å². The summed E-state index contributed by atoms with van der Waals surface area (Å²) in [6.45, 7) is 9.39. The van der Waals surface area contributed by atoms with Crippen molar-refractivity contribution in [3.63, 3.8) is 0 Å². The molecular weight excluding hydrogens is 388 g/mol. The van der Waals surface area contributed by atoms with E-state index in [4.69, 9.17) is 12.3 Å². The molecule has 0 aliphatic rings. The molecule has 0 atom stereocenters. The largest absolute Gasteiger partial charge is 0.384 e. The number of aryl methyl sites for hydroxylation is 1. The third-order valence-corrected chi connectivity index (χ3v) is 4.98. The average Bonchev–Trinajstić information content (AvgIpc) is 2.78. The van der Waals surface area contributed by atoms with Crippen molar-refractivity contribution >= 4 is 28.3 Å². The van der Waals surface area contributed by atoms with Crippen LogP contribution < -0.4 is 11.1 Å². The number of hydrogen-bond donors (Lipinski definition) is 2. The van der Waals surface area contributed by atoms with E-state index in [0.717, 1.165) is 33.4 Å². The molecule has 3 aromatic heterocycles. The van der Waals surface area contributed by atoms with Gasteiger partial charge in [-0.25, -0.2) is 9.83 Å². The number of anilines is 1. The molecule has 4 rings (SSSR count). The molecule has 1 aromatic carbocycles. The van der Waals surface area contributed by atoms with Gasteiger partial charge in [0.05, 0.1) is 12.1 Å². The monoisotopic (exact) mass is 408 g/mol. The van der Waals surface area contributed by atoms with Crippen LogP contribution in [0.15, 0.2) is 60.9 Å². The van der Waals surface area contributed by atoms with Gasteiger partial charge in [0.2, 0.25) is 5.69 Å². The van der Waals surface area contributed by atoms with E-state index in [9.17, 15) is 4.79 Å². The Bertz CT molecular complexity index is 1330. The van der Waals surface area contributed by atoms with Crippen LogP contribution >= 0.6 is 0 Å². The van der Waals surface area contributed by atoms with Crippen molar-refractivity contribution in [1.82, 2.24) is 20.3 Å². The van der Waals surface area contributed by atoms with Crippen molar-refractivity contribution in [2.75, 3.05) is 5.73 Å². The van der Waals surface area contributed by atoms with E-state index in [1.165, 1.54) is 0 Å². The molecule has 3 heterocycles. The van der Waals surface area contributed by atoms with Crippen molar-refractivity contribution in [3.8, 4) is 0 Å². The van der Waals surface area contributed by atoms with Gasteiger partial charge < -0.3 is 11.1 Å². The molecule has 0 fully saturated rings. The van der Waals surface area contributed by atoms with E-state index in [2.05, 4.69) is 25.1 Å². The Hall–Kier alpha value is -4.31. The van der Waals surface area contributed by atoms with Crippen LogP contribution in [0.25, 0.3) is 15.7 Å². The topological polar surface area (TPSA) is 98.2 Å². The Morgan fingerprint density at radius 1 is 1.13 bits per heavy atom. The molecule has 0 saturated carbocycles. The predicted molar refractivity (Wildman–Crippen MR) is 120 cm³/mol. The van der Waals surface area contributed by atoms with E-state index in [0.29, 0.717) is 30.0 Å². The molecule has 0 saturated heterocycles. The molecule has 0 bridgehead atoms. The quantitative estimate of drug-likeness (QED) is 0.487. The summed E-state index contributed by atoms with van der Waals surface area (Å²) in [5.74, 6) is 0.283. The highest BCUT2D eigenvalue weighted by Gasteiger charge is 2.09. The summed E-state index contributed by atoms with van der Waals surface area (Å²) in [7, 11) is 0. The number of aromatic nitrogens is 3. The maximum absolute atomic E-state index is 12.6. The van der Waals surface area contributed by atoms with Gasteiger partial charge in [-0.1, -0.05) is 18.2 Å². The van der Waals surface area contributed by atoms with Crippen molar-refractivity contribution < 1.29 is 4.79 Å². The number of nitrogen functional groups attached to an aromatic ring is 1. The molecule has 0 radical (unpaired) electrons. The summed E-state index contributed by atoms with van der Waals surface area (Å²) < 4.78 is 0. The Morgan fingerprint density at radius 2 is 2.00 bits per heavy atom. The maximum Gasteiger partial charge on any atom is 0.251 e. The number of fused-ring (bicyclic) bond motifs is 1. The number of nitrogens with zero attached hydrogens (tertiary/aromatic N) is 4. The van der Waals surface area contributed by atoms with E-state index in [-0.39, 0.29) is 5.91 Å². The minimum atomic E-state index is -0.177. The predicted octanol–water partition coefficient (Wildman–Crippen LogP) is 3.99. The fourth-order valence-electron chi connectivity index (χ4n) is 3.34. The second kappa shape index (κ2) is 8.59. The van der Waals surface area contributed by atoms with Gasteiger partial charge in [-0.05, 0) is 53.8 Å². The SMILES string of the molecule is [C-]#[N+]c1cnc2ccc(Cc3cc(C(=O)NCc4ccc(N)nc4C)ccn3)cc2c1. The van der Waals surface area contributed by atoms with Crippen LogP contribution in [0.4, 0.5) is 11.5 Å². The van der Waals surface area contributed by atoms with Crippen LogP contribution in [0.3, 0.4) is 0 Å². The van der Waals surface area contributed by atoms with E-state index in [1.807, 2.05) is 37.3 Å². The fourth-order valence-corrected chi connectivity index (χ4v) is 3.34. The molecule has 0 aliphatic heterocycles. The van der Waals surface area contributed by atoms with Gasteiger partial charge in [0, 0.05) is 42.3 Å². The van der Waals surface area contributed by atoms with Gasteiger partial charge in [-0.15, -0.1) is 0 Å².